The Morgan fingerprint density at radius 2 is 2.00 bits per heavy atom. The van der Waals surface area contributed by atoms with E-state index >= 15 is 0 Å². The third kappa shape index (κ3) is 2.00. The third-order valence-corrected chi connectivity index (χ3v) is 3.79. The maximum atomic E-state index is 9.15. The maximum absolute atomic E-state index is 9.15. The quantitative estimate of drug-likeness (QED) is 0.622. The normalized spacial score (nSPS) is 10.6. The van der Waals surface area contributed by atoms with Crippen molar-refractivity contribution in [2.24, 2.45) is 7.05 Å². The largest absolute Gasteiger partial charge is 0.327 e. The Balaban J connectivity index is 2.32. The number of fused-ring (bicyclic) bond motifs is 1. The molecule has 0 aliphatic rings. The minimum atomic E-state index is 0.616. The molecule has 0 amide bonds. The maximum Gasteiger partial charge on any atom is 0.140 e. The predicted octanol–water partition coefficient (Wildman–Crippen LogP) is 3.72. The average molecular weight is 359 g/mol. The second-order valence-corrected chi connectivity index (χ2v) is 5.54. The fourth-order valence-corrected chi connectivity index (χ4v) is 2.73. The van der Waals surface area contributed by atoms with Crippen LogP contribution in [0.1, 0.15) is 5.56 Å². The van der Waals surface area contributed by atoms with Crippen LogP contribution in [0.5, 0.6) is 0 Å². The number of aryl methyl sites for hydroxylation is 1. The molecule has 3 aromatic rings. The Bertz CT molecular complexity index is 812. The summed E-state index contributed by atoms with van der Waals surface area (Å²) in [6, 6.07) is 16.1. The number of benzene rings is 2. The molecule has 92 valence electrons. The molecule has 4 heteroatoms. The second kappa shape index (κ2) is 4.67. The zero-order valence-electron chi connectivity index (χ0n) is 10.3. The van der Waals surface area contributed by atoms with Crippen molar-refractivity contribution in [3.63, 3.8) is 0 Å². The molecule has 0 fully saturated rings. The summed E-state index contributed by atoms with van der Waals surface area (Å²) in [7, 11) is 1.98. The third-order valence-electron chi connectivity index (χ3n) is 3.11. The molecule has 0 bridgehead atoms. The van der Waals surface area contributed by atoms with Crippen LogP contribution in [0.3, 0.4) is 0 Å². The van der Waals surface area contributed by atoms with E-state index in [1.54, 1.807) is 6.07 Å². The number of para-hydroxylation sites is 1. The van der Waals surface area contributed by atoms with Crippen LogP contribution < -0.4 is 0 Å². The fourth-order valence-electron chi connectivity index (χ4n) is 2.19. The molecule has 0 radical (unpaired) electrons. The zero-order valence-corrected chi connectivity index (χ0v) is 12.4. The number of hydrogen-bond donors (Lipinski definition) is 0. The van der Waals surface area contributed by atoms with Crippen molar-refractivity contribution < 1.29 is 0 Å². The summed E-state index contributed by atoms with van der Waals surface area (Å²) >= 11 is 2.29. The molecule has 0 aliphatic carbocycles. The molecule has 0 saturated carbocycles. The van der Waals surface area contributed by atoms with Gasteiger partial charge in [0, 0.05) is 16.2 Å². The van der Waals surface area contributed by atoms with Crippen LogP contribution in [-0.2, 0) is 7.05 Å². The van der Waals surface area contributed by atoms with Gasteiger partial charge >= 0.3 is 0 Å². The Morgan fingerprint density at radius 3 is 2.74 bits per heavy atom. The number of halogens is 1. The first-order chi connectivity index (χ1) is 9.20. The number of nitrogens with zero attached hydrogens (tertiary/aromatic N) is 3. The van der Waals surface area contributed by atoms with E-state index in [1.165, 1.54) is 3.57 Å². The molecular formula is C15H10IN3. The van der Waals surface area contributed by atoms with Gasteiger partial charge in [0.25, 0.3) is 0 Å². The molecule has 0 unspecified atom stereocenters. The average Bonchev–Trinajstić information content (AvgIpc) is 2.76. The van der Waals surface area contributed by atoms with Gasteiger partial charge in [0.2, 0.25) is 0 Å². The Labute approximate surface area is 124 Å². The molecule has 3 nitrogen and oxygen atoms in total. The van der Waals surface area contributed by atoms with Crippen molar-refractivity contribution in [3.05, 3.63) is 51.6 Å². The molecule has 3 rings (SSSR count). The second-order valence-electron chi connectivity index (χ2n) is 4.29. The lowest BCUT2D eigenvalue weighted by atomic mass is 10.2. The number of imidazole rings is 1. The van der Waals surface area contributed by atoms with E-state index in [0.29, 0.717) is 5.56 Å². The van der Waals surface area contributed by atoms with Crippen molar-refractivity contribution in [2.45, 2.75) is 0 Å². The van der Waals surface area contributed by atoms with Crippen molar-refractivity contribution in [1.29, 1.82) is 5.26 Å². The van der Waals surface area contributed by atoms with Crippen LogP contribution in [-0.4, -0.2) is 9.55 Å². The SMILES string of the molecule is Cn1c(-c2cccc(I)c2)nc2c(C#N)cccc21. The van der Waals surface area contributed by atoms with E-state index in [-0.39, 0.29) is 0 Å². The summed E-state index contributed by atoms with van der Waals surface area (Å²) < 4.78 is 3.20. The number of rotatable bonds is 1. The van der Waals surface area contributed by atoms with Crippen LogP contribution in [0.4, 0.5) is 0 Å². The summed E-state index contributed by atoms with van der Waals surface area (Å²) in [5.74, 6) is 0.885. The summed E-state index contributed by atoms with van der Waals surface area (Å²) in [6.45, 7) is 0. The monoisotopic (exact) mass is 359 g/mol. The molecular weight excluding hydrogens is 349 g/mol. The molecule has 1 heterocycles. The molecule has 0 N–H and O–H groups in total. The van der Waals surface area contributed by atoms with Gasteiger partial charge < -0.3 is 4.57 Å². The standard InChI is InChI=1S/C15H10IN3/c1-19-13-7-3-5-11(9-17)14(13)18-15(19)10-4-2-6-12(16)8-10/h2-8H,1H3. The molecule has 0 aliphatic heterocycles. The minimum absolute atomic E-state index is 0.616. The van der Waals surface area contributed by atoms with E-state index in [9.17, 15) is 0 Å². The minimum Gasteiger partial charge on any atom is -0.327 e. The molecule has 0 saturated heterocycles. The highest BCUT2D eigenvalue weighted by molar-refractivity contribution is 14.1. The van der Waals surface area contributed by atoms with Crippen molar-refractivity contribution >= 4 is 33.6 Å². The highest BCUT2D eigenvalue weighted by Gasteiger charge is 2.12. The summed E-state index contributed by atoms with van der Waals surface area (Å²) in [5.41, 5.74) is 3.42. The van der Waals surface area contributed by atoms with Crippen molar-refractivity contribution in [2.75, 3.05) is 0 Å². The van der Waals surface area contributed by atoms with Crippen LogP contribution in [0, 0.1) is 14.9 Å². The Morgan fingerprint density at radius 1 is 1.21 bits per heavy atom. The number of hydrogen-bond acceptors (Lipinski definition) is 2. The molecule has 19 heavy (non-hydrogen) atoms. The smallest absolute Gasteiger partial charge is 0.140 e. The topological polar surface area (TPSA) is 41.6 Å². The molecule has 1 aromatic heterocycles. The van der Waals surface area contributed by atoms with Gasteiger partial charge in [-0.1, -0.05) is 18.2 Å². The van der Waals surface area contributed by atoms with Gasteiger partial charge in [0.15, 0.2) is 0 Å². The first kappa shape index (κ1) is 12.2. The summed E-state index contributed by atoms with van der Waals surface area (Å²) in [6.07, 6.45) is 0. The lowest BCUT2D eigenvalue weighted by Crippen LogP contribution is -1.92. The van der Waals surface area contributed by atoms with Crippen molar-refractivity contribution in [3.8, 4) is 17.5 Å². The van der Waals surface area contributed by atoms with Gasteiger partial charge in [-0.3, -0.25) is 0 Å². The first-order valence-electron chi connectivity index (χ1n) is 5.82. The van der Waals surface area contributed by atoms with Crippen molar-refractivity contribution in [1.82, 2.24) is 9.55 Å². The predicted molar refractivity (Wildman–Crippen MR) is 83.6 cm³/mol. The first-order valence-corrected chi connectivity index (χ1v) is 6.90. The van der Waals surface area contributed by atoms with Gasteiger partial charge in [-0.25, -0.2) is 4.98 Å². The van der Waals surface area contributed by atoms with Gasteiger partial charge in [0.05, 0.1) is 11.1 Å². The lowest BCUT2D eigenvalue weighted by Gasteiger charge is -2.02. The fraction of sp³-hybridized carbons (Fsp3) is 0.0667. The van der Waals surface area contributed by atoms with E-state index in [2.05, 4.69) is 39.7 Å². The molecule has 2 aromatic carbocycles. The van der Waals surface area contributed by atoms with E-state index < -0.39 is 0 Å². The van der Waals surface area contributed by atoms with E-state index in [1.807, 2.05) is 41.9 Å². The van der Waals surface area contributed by atoms with Crippen LogP contribution in [0.15, 0.2) is 42.5 Å². The lowest BCUT2D eigenvalue weighted by molar-refractivity contribution is 0.959. The van der Waals surface area contributed by atoms with Gasteiger partial charge in [-0.15, -0.1) is 0 Å². The van der Waals surface area contributed by atoms with E-state index in [4.69, 9.17) is 5.26 Å². The van der Waals surface area contributed by atoms with Crippen LogP contribution in [0.2, 0.25) is 0 Å². The number of aromatic nitrogens is 2. The van der Waals surface area contributed by atoms with E-state index in [0.717, 1.165) is 22.4 Å². The van der Waals surface area contributed by atoms with Crippen LogP contribution in [0.25, 0.3) is 22.4 Å². The van der Waals surface area contributed by atoms with Gasteiger partial charge in [0.1, 0.15) is 17.4 Å². The van der Waals surface area contributed by atoms with Crippen LogP contribution >= 0.6 is 22.6 Å². The molecule has 0 spiro atoms. The summed E-state index contributed by atoms with van der Waals surface area (Å²) in [5, 5.41) is 9.15. The zero-order chi connectivity index (χ0) is 13.4. The Kier molecular flexibility index (Phi) is 2.99. The summed E-state index contributed by atoms with van der Waals surface area (Å²) in [4.78, 5) is 4.63. The highest BCUT2D eigenvalue weighted by Crippen LogP contribution is 2.26. The number of nitriles is 1. The highest BCUT2D eigenvalue weighted by atomic mass is 127. The van der Waals surface area contributed by atoms with Gasteiger partial charge in [-0.2, -0.15) is 5.26 Å². The van der Waals surface area contributed by atoms with Gasteiger partial charge in [-0.05, 0) is 46.9 Å². The molecule has 0 atom stereocenters. The Hall–Kier alpha value is -1.87.